The fraction of sp³-hybridized carbons (Fsp3) is 0.188. The average Bonchev–Trinajstić information content (AvgIpc) is 2.47. The minimum absolute atomic E-state index is 0.0390. The molecule has 5 nitrogen and oxygen atoms in total. The van der Waals surface area contributed by atoms with Crippen molar-refractivity contribution < 1.29 is 14.1 Å². The van der Waals surface area contributed by atoms with Crippen LogP contribution in [0, 0.1) is 22.9 Å². The van der Waals surface area contributed by atoms with Crippen LogP contribution in [0.4, 0.5) is 15.8 Å². The van der Waals surface area contributed by atoms with Crippen LogP contribution in [-0.4, -0.2) is 10.8 Å². The Morgan fingerprint density at radius 1 is 1.27 bits per heavy atom. The van der Waals surface area contributed by atoms with Gasteiger partial charge in [-0.25, -0.2) is 4.39 Å². The van der Waals surface area contributed by atoms with Crippen molar-refractivity contribution in [3.63, 3.8) is 0 Å². The third-order valence-electron chi connectivity index (χ3n) is 3.22. The Kier molecular flexibility index (Phi) is 4.83. The summed E-state index contributed by atoms with van der Waals surface area (Å²) in [7, 11) is 0. The summed E-state index contributed by atoms with van der Waals surface area (Å²) >= 11 is 0. The summed E-state index contributed by atoms with van der Waals surface area (Å²) in [5.74, 6) is -0.616. The van der Waals surface area contributed by atoms with Gasteiger partial charge in [0.25, 0.3) is 5.69 Å². The second-order valence-corrected chi connectivity index (χ2v) is 4.94. The molecular formula is C16H15FN2O3. The number of amides is 1. The van der Waals surface area contributed by atoms with Crippen LogP contribution in [-0.2, 0) is 11.2 Å². The predicted molar refractivity (Wildman–Crippen MR) is 81.2 cm³/mol. The highest BCUT2D eigenvalue weighted by Gasteiger charge is 2.12. The van der Waals surface area contributed by atoms with Gasteiger partial charge in [-0.15, -0.1) is 0 Å². The Morgan fingerprint density at radius 2 is 2.05 bits per heavy atom. The molecule has 0 aliphatic rings. The molecule has 6 heteroatoms. The number of carbonyl (C=O) groups excluding carboxylic acids is 1. The van der Waals surface area contributed by atoms with Gasteiger partial charge >= 0.3 is 0 Å². The van der Waals surface area contributed by atoms with Gasteiger partial charge in [0, 0.05) is 23.7 Å². The zero-order valence-electron chi connectivity index (χ0n) is 12.0. The molecule has 0 aromatic heterocycles. The molecule has 2 aromatic carbocycles. The normalized spacial score (nSPS) is 10.3. The van der Waals surface area contributed by atoms with E-state index in [0.29, 0.717) is 17.7 Å². The third-order valence-corrected chi connectivity index (χ3v) is 3.22. The summed E-state index contributed by atoms with van der Waals surface area (Å²) in [6, 6.07) is 10.6. The van der Waals surface area contributed by atoms with Crippen molar-refractivity contribution in [3.05, 3.63) is 69.5 Å². The Balaban J connectivity index is 1.97. The number of hydrogen-bond donors (Lipinski definition) is 1. The summed E-state index contributed by atoms with van der Waals surface area (Å²) in [5.41, 5.74) is 1.59. The number of nitro groups is 1. The molecule has 0 spiro atoms. The molecule has 0 saturated heterocycles. The van der Waals surface area contributed by atoms with Crippen molar-refractivity contribution in [2.45, 2.75) is 19.8 Å². The van der Waals surface area contributed by atoms with Gasteiger partial charge in [0.15, 0.2) is 0 Å². The highest BCUT2D eigenvalue weighted by atomic mass is 19.1. The largest absolute Gasteiger partial charge is 0.326 e. The van der Waals surface area contributed by atoms with E-state index in [0.717, 1.165) is 5.56 Å². The molecule has 0 heterocycles. The van der Waals surface area contributed by atoms with Gasteiger partial charge in [-0.3, -0.25) is 14.9 Å². The smallest absolute Gasteiger partial charge is 0.274 e. The number of carbonyl (C=O) groups is 1. The first kappa shape index (κ1) is 15.6. The molecule has 114 valence electrons. The van der Waals surface area contributed by atoms with Gasteiger partial charge in [-0.1, -0.05) is 18.2 Å². The van der Waals surface area contributed by atoms with Crippen molar-refractivity contribution in [1.82, 2.24) is 0 Å². The van der Waals surface area contributed by atoms with Crippen LogP contribution in [0.3, 0.4) is 0 Å². The van der Waals surface area contributed by atoms with Crippen LogP contribution in [0.1, 0.15) is 17.5 Å². The minimum Gasteiger partial charge on any atom is -0.326 e. The van der Waals surface area contributed by atoms with Gasteiger partial charge in [-0.05, 0) is 37.1 Å². The number of nitrogens with zero attached hydrogens (tertiary/aromatic N) is 1. The second-order valence-electron chi connectivity index (χ2n) is 4.94. The maximum Gasteiger partial charge on any atom is 0.274 e. The molecule has 0 fully saturated rings. The zero-order valence-corrected chi connectivity index (χ0v) is 12.0. The lowest BCUT2D eigenvalue weighted by Gasteiger charge is -2.06. The maximum absolute atomic E-state index is 13.0. The average molecular weight is 302 g/mol. The monoisotopic (exact) mass is 302 g/mol. The highest BCUT2D eigenvalue weighted by Crippen LogP contribution is 2.22. The van der Waals surface area contributed by atoms with Crippen LogP contribution in [0.2, 0.25) is 0 Å². The Bertz CT molecular complexity index is 716. The fourth-order valence-electron chi connectivity index (χ4n) is 2.06. The highest BCUT2D eigenvalue weighted by molar-refractivity contribution is 5.91. The summed E-state index contributed by atoms with van der Waals surface area (Å²) < 4.78 is 13.0. The standard InChI is InChI=1S/C16H15FN2O3/c1-11-5-7-14(10-15(11)19(21)22)18-16(20)8-6-12-3-2-4-13(17)9-12/h2-5,7,9-10H,6,8H2,1H3,(H,18,20). The number of halogens is 1. The molecule has 0 aliphatic carbocycles. The number of nitrogens with one attached hydrogen (secondary N) is 1. The molecule has 1 N–H and O–H groups in total. The first-order valence-corrected chi connectivity index (χ1v) is 6.75. The van der Waals surface area contributed by atoms with Gasteiger partial charge in [0.1, 0.15) is 5.82 Å². The van der Waals surface area contributed by atoms with E-state index in [4.69, 9.17) is 0 Å². The van der Waals surface area contributed by atoms with Gasteiger partial charge in [0.05, 0.1) is 4.92 Å². The van der Waals surface area contributed by atoms with Crippen molar-refractivity contribution in [2.24, 2.45) is 0 Å². The lowest BCUT2D eigenvalue weighted by molar-refractivity contribution is -0.385. The second kappa shape index (κ2) is 6.80. The fourth-order valence-corrected chi connectivity index (χ4v) is 2.06. The first-order chi connectivity index (χ1) is 10.5. The van der Waals surface area contributed by atoms with E-state index < -0.39 is 4.92 Å². The van der Waals surface area contributed by atoms with E-state index in [9.17, 15) is 19.3 Å². The number of aryl methyl sites for hydroxylation is 2. The van der Waals surface area contributed by atoms with Crippen LogP contribution in [0.5, 0.6) is 0 Å². The van der Waals surface area contributed by atoms with Gasteiger partial charge < -0.3 is 5.32 Å². The summed E-state index contributed by atoms with van der Waals surface area (Å²) in [5, 5.41) is 13.5. The van der Waals surface area contributed by atoms with Gasteiger partial charge in [-0.2, -0.15) is 0 Å². The minimum atomic E-state index is -0.488. The molecular weight excluding hydrogens is 287 g/mol. The van der Waals surface area contributed by atoms with Crippen molar-refractivity contribution in [1.29, 1.82) is 0 Å². The predicted octanol–water partition coefficient (Wildman–Crippen LogP) is 3.61. The molecule has 0 radical (unpaired) electrons. The van der Waals surface area contributed by atoms with E-state index in [1.807, 2.05) is 0 Å². The SMILES string of the molecule is Cc1ccc(NC(=O)CCc2cccc(F)c2)cc1[N+](=O)[O-]. The number of nitro benzene ring substituents is 1. The number of hydrogen-bond acceptors (Lipinski definition) is 3. The summed E-state index contributed by atoms with van der Waals surface area (Å²) in [6.45, 7) is 1.63. The zero-order chi connectivity index (χ0) is 16.1. The Morgan fingerprint density at radius 3 is 2.73 bits per heavy atom. The van der Waals surface area contributed by atoms with Crippen LogP contribution < -0.4 is 5.32 Å². The molecule has 0 saturated carbocycles. The number of rotatable bonds is 5. The quantitative estimate of drug-likeness (QED) is 0.677. The summed E-state index contributed by atoms with van der Waals surface area (Å²) in [6.07, 6.45) is 0.572. The molecule has 22 heavy (non-hydrogen) atoms. The molecule has 0 aliphatic heterocycles. The van der Waals surface area contributed by atoms with E-state index >= 15 is 0 Å². The van der Waals surface area contributed by atoms with Crippen LogP contribution >= 0.6 is 0 Å². The van der Waals surface area contributed by atoms with Gasteiger partial charge in [0.2, 0.25) is 5.91 Å². The lowest BCUT2D eigenvalue weighted by atomic mass is 10.1. The topological polar surface area (TPSA) is 72.2 Å². The Labute approximate surface area is 126 Å². The number of benzene rings is 2. The Hall–Kier alpha value is -2.76. The molecule has 0 unspecified atom stereocenters. The first-order valence-electron chi connectivity index (χ1n) is 6.75. The molecule has 0 atom stereocenters. The van der Waals surface area contributed by atoms with Crippen LogP contribution in [0.25, 0.3) is 0 Å². The third kappa shape index (κ3) is 4.12. The molecule has 1 amide bonds. The van der Waals surface area contributed by atoms with E-state index in [1.54, 1.807) is 31.2 Å². The van der Waals surface area contributed by atoms with E-state index in [2.05, 4.69) is 5.32 Å². The molecule has 2 rings (SSSR count). The van der Waals surface area contributed by atoms with Crippen molar-refractivity contribution in [2.75, 3.05) is 5.32 Å². The van der Waals surface area contributed by atoms with Crippen LogP contribution in [0.15, 0.2) is 42.5 Å². The summed E-state index contributed by atoms with van der Waals surface area (Å²) in [4.78, 5) is 22.2. The van der Waals surface area contributed by atoms with E-state index in [-0.39, 0.29) is 23.8 Å². The maximum atomic E-state index is 13.0. The van der Waals surface area contributed by atoms with Crippen molar-refractivity contribution >= 4 is 17.3 Å². The molecule has 2 aromatic rings. The lowest BCUT2D eigenvalue weighted by Crippen LogP contribution is -2.12. The number of anilines is 1. The van der Waals surface area contributed by atoms with E-state index in [1.165, 1.54) is 18.2 Å². The van der Waals surface area contributed by atoms with Crippen molar-refractivity contribution in [3.8, 4) is 0 Å². The molecule has 0 bridgehead atoms.